The first-order valence-electron chi connectivity index (χ1n) is 12.8. The van der Waals surface area contributed by atoms with Crippen LogP contribution in [-0.4, -0.2) is 103 Å². The summed E-state index contributed by atoms with van der Waals surface area (Å²) in [6.45, 7) is 6.14. The molecule has 0 saturated carbocycles. The lowest BCUT2D eigenvalue weighted by atomic mass is 9.94. The van der Waals surface area contributed by atoms with Crippen molar-refractivity contribution in [1.29, 1.82) is 0 Å². The first kappa shape index (κ1) is 29.8. The number of carbonyl (C=O) groups is 2. The van der Waals surface area contributed by atoms with Gasteiger partial charge < -0.3 is 53.4 Å². The van der Waals surface area contributed by atoms with E-state index in [9.17, 15) is 19.8 Å². The van der Waals surface area contributed by atoms with Gasteiger partial charge in [0.2, 0.25) is 12.2 Å². The number of hydrogen-bond acceptors (Lipinski definition) is 12. The van der Waals surface area contributed by atoms with Gasteiger partial charge in [-0.05, 0) is 19.4 Å². The Morgan fingerprint density at radius 1 is 1.05 bits per heavy atom. The average molecular weight is 556 g/mol. The van der Waals surface area contributed by atoms with Crippen LogP contribution in [0.3, 0.4) is 0 Å². The summed E-state index contributed by atoms with van der Waals surface area (Å²) in [4.78, 5) is 24.1. The van der Waals surface area contributed by atoms with Crippen LogP contribution >= 0.6 is 0 Å². The van der Waals surface area contributed by atoms with Crippen molar-refractivity contribution in [2.24, 2.45) is 0 Å². The van der Waals surface area contributed by atoms with Gasteiger partial charge >= 0.3 is 5.97 Å². The predicted molar refractivity (Wildman–Crippen MR) is 131 cm³/mol. The largest absolute Gasteiger partial charge is 0.454 e. The van der Waals surface area contributed by atoms with Gasteiger partial charge in [0.05, 0.1) is 13.2 Å². The van der Waals surface area contributed by atoms with E-state index in [-0.39, 0.29) is 19.1 Å². The van der Waals surface area contributed by atoms with E-state index >= 15 is 0 Å². The van der Waals surface area contributed by atoms with Crippen LogP contribution in [0.2, 0.25) is 0 Å². The van der Waals surface area contributed by atoms with Gasteiger partial charge in [0.15, 0.2) is 24.5 Å². The highest BCUT2D eigenvalue weighted by Gasteiger charge is 2.56. The lowest BCUT2D eigenvalue weighted by molar-refractivity contribution is -0.402. The van der Waals surface area contributed by atoms with Gasteiger partial charge in [0.1, 0.15) is 36.6 Å². The van der Waals surface area contributed by atoms with Crippen molar-refractivity contribution < 1.29 is 57.7 Å². The average Bonchev–Trinajstić information content (AvgIpc) is 2.87. The molecule has 3 saturated heterocycles. The molecule has 10 atom stereocenters. The van der Waals surface area contributed by atoms with Gasteiger partial charge in [-0.3, -0.25) is 9.59 Å². The number of aliphatic hydroxyl groups excluding tert-OH is 2. The van der Waals surface area contributed by atoms with E-state index in [2.05, 4.69) is 5.32 Å². The molecule has 13 nitrogen and oxygen atoms in total. The monoisotopic (exact) mass is 555 g/mol. The summed E-state index contributed by atoms with van der Waals surface area (Å²) in [5.41, 5.74) is 0.801. The number of nitrogens with one attached hydrogen (secondary N) is 1. The number of ether oxygens (including phenoxy) is 8. The van der Waals surface area contributed by atoms with E-state index in [1.807, 2.05) is 30.3 Å². The molecule has 218 valence electrons. The van der Waals surface area contributed by atoms with E-state index in [0.717, 1.165) is 5.56 Å². The zero-order chi connectivity index (χ0) is 28.3. The molecule has 3 N–H and O–H groups in total. The van der Waals surface area contributed by atoms with Crippen LogP contribution in [0.15, 0.2) is 30.3 Å². The molecule has 0 unspecified atom stereocenters. The SMILES string of the molecule is CO[C@@H]1O[C@@H]2COC(C)(C)O[C@H]2[C@H](O[C@@H]2O[C@@H](O)[C@H](OCc3ccccc3)[C@@H](O)[C@H]2OC(C)=O)[C@H]1NC(C)=O. The quantitative estimate of drug-likeness (QED) is 0.368. The third-order valence-corrected chi connectivity index (χ3v) is 6.64. The molecule has 3 fully saturated rings. The standard InChI is InChI=1S/C26H37NO12/c1-13(28)27-17-20(19-16(36-24(17)32-5)12-34-26(3,4)39-19)37-25-22(35-14(2)29)18(30)21(23(31)38-25)33-11-15-9-7-6-8-10-15/h6-10,16-25,30-31H,11-12H2,1-5H3,(H,27,28)/t16-,17-,18-,19-,20-,21-,22-,23-,24-,25-/m1/s1. The molecule has 3 heterocycles. The minimum absolute atomic E-state index is 0.0636. The first-order chi connectivity index (χ1) is 18.5. The second-order valence-corrected chi connectivity index (χ2v) is 10.1. The molecule has 4 rings (SSSR count). The lowest BCUT2D eigenvalue weighted by Gasteiger charge is -2.52. The Labute approximate surface area is 226 Å². The van der Waals surface area contributed by atoms with Crippen LogP contribution in [-0.2, 0) is 54.1 Å². The van der Waals surface area contributed by atoms with E-state index in [1.54, 1.807) is 13.8 Å². The molecule has 3 aliphatic rings. The molecule has 13 heteroatoms. The second-order valence-electron chi connectivity index (χ2n) is 10.1. The van der Waals surface area contributed by atoms with Gasteiger partial charge in [-0.2, -0.15) is 0 Å². The molecule has 1 aromatic carbocycles. The number of carbonyl (C=O) groups excluding carboxylic acids is 2. The van der Waals surface area contributed by atoms with Crippen molar-refractivity contribution in [2.75, 3.05) is 13.7 Å². The van der Waals surface area contributed by atoms with Crippen LogP contribution < -0.4 is 5.32 Å². The number of methoxy groups -OCH3 is 1. The molecule has 0 radical (unpaired) electrons. The topological polar surface area (TPSA) is 160 Å². The summed E-state index contributed by atoms with van der Waals surface area (Å²) >= 11 is 0. The number of esters is 1. The summed E-state index contributed by atoms with van der Waals surface area (Å²) < 4.78 is 46.4. The maximum absolute atomic E-state index is 12.1. The zero-order valence-corrected chi connectivity index (χ0v) is 22.6. The second kappa shape index (κ2) is 12.5. The van der Waals surface area contributed by atoms with E-state index in [1.165, 1.54) is 21.0 Å². The molecule has 0 aliphatic carbocycles. The molecular weight excluding hydrogens is 518 g/mol. The summed E-state index contributed by atoms with van der Waals surface area (Å²) in [5, 5.41) is 24.7. The fourth-order valence-electron chi connectivity index (χ4n) is 4.91. The summed E-state index contributed by atoms with van der Waals surface area (Å²) in [6.07, 6.45) is -10.7. The molecule has 1 amide bonds. The summed E-state index contributed by atoms with van der Waals surface area (Å²) in [6, 6.07) is 8.25. The van der Waals surface area contributed by atoms with E-state index in [0.29, 0.717) is 0 Å². The van der Waals surface area contributed by atoms with Gasteiger partial charge in [-0.15, -0.1) is 0 Å². The Bertz CT molecular complexity index is 977. The van der Waals surface area contributed by atoms with Crippen LogP contribution in [0.25, 0.3) is 0 Å². The molecule has 39 heavy (non-hydrogen) atoms. The number of benzene rings is 1. The number of fused-ring (bicyclic) bond motifs is 1. The Hall–Kier alpha value is -2.20. The molecule has 0 bridgehead atoms. The minimum atomic E-state index is -1.64. The summed E-state index contributed by atoms with van der Waals surface area (Å²) in [5.74, 6) is -2.11. The van der Waals surface area contributed by atoms with E-state index in [4.69, 9.17) is 37.9 Å². The Morgan fingerprint density at radius 2 is 1.77 bits per heavy atom. The molecule has 0 spiro atoms. The smallest absolute Gasteiger partial charge is 0.303 e. The normalized spacial score (nSPS) is 37.9. The lowest BCUT2D eigenvalue weighted by Crippen LogP contribution is -2.70. The molecule has 1 aromatic rings. The number of amides is 1. The summed E-state index contributed by atoms with van der Waals surface area (Å²) in [7, 11) is 1.41. The van der Waals surface area contributed by atoms with Crippen LogP contribution in [0.1, 0.15) is 33.3 Å². The molecular formula is C26H37NO12. The number of aliphatic hydroxyl groups is 2. The number of rotatable bonds is 8. The molecule has 3 aliphatic heterocycles. The van der Waals surface area contributed by atoms with Crippen molar-refractivity contribution in [3.05, 3.63) is 35.9 Å². The fourth-order valence-corrected chi connectivity index (χ4v) is 4.91. The highest BCUT2D eigenvalue weighted by atomic mass is 16.8. The Morgan fingerprint density at radius 3 is 2.41 bits per heavy atom. The Balaban J connectivity index is 1.59. The maximum atomic E-state index is 12.1. The molecule has 0 aromatic heterocycles. The van der Waals surface area contributed by atoms with Crippen LogP contribution in [0, 0.1) is 0 Å². The fraction of sp³-hybridized carbons (Fsp3) is 0.692. The third kappa shape index (κ3) is 7.12. The van der Waals surface area contributed by atoms with Crippen molar-refractivity contribution in [3.8, 4) is 0 Å². The van der Waals surface area contributed by atoms with Gasteiger partial charge in [0.25, 0.3) is 0 Å². The predicted octanol–water partition coefficient (Wildman–Crippen LogP) is -0.0482. The zero-order valence-electron chi connectivity index (χ0n) is 22.6. The van der Waals surface area contributed by atoms with Crippen molar-refractivity contribution in [3.63, 3.8) is 0 Å². The van der Waals surface area contributed by atoms with Crippen molar-refractivity contribution in [1.82, 2.24) is 5.32 Å². The highest BCUT2D eigenvalue weighted by Crippen LogP contribution is 2.36. The number of hydrogen-bond donors (Lipinski definition) is 3. The van der Waals surface area contributed by atoms with Crippen molar-refractivity contribution >= 4 is 11.9 Å². The highest BCUT2D eigenvalue weighted by molar-refractivity contribution is 5.73. The van der Waals surface area contributed by atoms with Gasteiger partial charge in [0, 0.05) is 21.0 Å². The maximum Gasteiger partial charge on any atom is 0.303 e. The van der Waals surface area contributed by atoms with Crippen molar-refractivity contribution in [2.45, 2.75) is 102 Å². The minimum Gasteiger partial charge on any atom is -0.454 e. The van der Waals surface area contributed by atoms with Gasteiger partial charge in [-0.25, -0.2) is 0 Å². The van der Waals surface area contributed by atoms with Crippen LogP contribution in [0.4, 0.5) is 0 Å². The van der Waals surface area contributed by atoms with Crippen LogP contribution in [0.5, 0.6) is 0 Å². The Kier molecular flexibility index (Phi) is 9.57. The third-order valence-electron chi connectivity index (χ3n) is 6.64. The van der Waals surface area contributed by atoms with Gasteiger partial charge in [-0.1, -0.05) is 30.3 Å². The first-order valence-corrected chi connectivity index (χ1v) is 12.8. The van der Waals surface area contributed by atoms with E-state index < -0.39 is 73.3 Å².